The van der Waals surface area contributed by atoms with Crippen molar-refractivity contribution in [3.63, 3.8) is 0 Å². The molecule has 0 aromatic heterocycles. The molecule has 0 aliphatic rings. The van der Waals surface area contributed by atoms with E-state index in [1.165, 1.54) is 0 Å². The molecule has 0 fully saturated rings. The van der Waals surface area contributed by atoms with E-state index in [0.717, 1.165) is 22.3 Å². The molecule has 0 unspecified atom stereocenters. The highest BCUT2D eigenvalue weighted by atomic mass is 16.3. The first-order valence-electron chi connectivity index (χ1n) is 8.98. The maximum atomic E-state index is 9.57. The summed E-state index contributed by atoms with van der Waals surface area (Å²) in [5, 5.41) is 37.4. The van der Waals surface area contributed by atoms with Gasteiger partial charge in [-0.05, 0) is 47.5 Å². The van der Waals surface area contributed by atoms with Gasteiger partial charge >= 0.3 is 0 Å². The minimum Gasteiger partial charge on any atom is -0.508 e. The Labute approximate surface area is 174 Å². The molecule has 5 heteroatoms. The Bertz CT molecular complexity index is 970. The van der Waals surface area contributed by atoms with E-state index in [4.69, 9.17) is 15.0 Å². The fourth-order valence-electron chi connectivity index (χ4n) is 2.72. The summed E-state index contributed by atoms with van der Waals surface area (Å²) in [6.07, 6.45) is 0. The molecule has 30 heavy (non-hydrogen) atoms. The van der Waals surface area contributed by atoms with Gasteiger partial charge in [0.2, 0.25) is 0 Å². The zero-order valence-electron chi connectivity index (χ0n) is 16.1. The molecule has 5 nitrogen and oxygen atoms in total. The van der Waals surface area contributed by atoms with Crippen LogP contribution in [0.15, 0.2) is 97.1 Å². The minimum atomic E-state index is 0.226. The first kappa shape index (κ1) is 22.0. The molecular formula is C25H22O5. The van der Waals surface area contributed by atoms with Crippen LogP contribution in [0.5, 0.6) is 23.0 Å². The zero-order chi connectivity index (χ0) is 21.9. The molecule has 0 aliphatic carbocycles. The number of hydrogen-bond donors (Lipinski definition) is 4. The summed E-state index contributed by atoms with van der Waals surface area (Å²) in [4.78, 5) is 8.00. The lowest BCUT2D eigenvalue weighted by Crippen LogP contribution is -1.77. The molecule has 4 N–H and O–H groups in total. The Morgan fingerprint density at radius 2 is 0.733 bits per heavy atom. The van der Waals surface area contributed by atoms with E-state index >= 15 is 0 Å². The molecule has 152 valence electrons. The number of phenols is 4. The van der Waals surface area contributed by atoms with Crippen molar-refractivity contribution in [2.24, 2.45) is 0 Å². The number of para-hydroxylation sites is 2. The van der Waals surface area contributed by atoms with E-state index in [0.29, 0.717) is 0 Å². The minimum absolute atomic E-state index is 0.226. The fraction of sp³-hybridized carbons (Fsp3) is 0. The largest absolute Gasteiger partial charge is 0.508 e. The third-order valence-corrected chi connectivity index (χ3v) is 4.16. The second kappa shape index (κ2) is 10.9. The fourth-order valence-corrected chi connectivity index (χ4v) is 2.72. The van der Waals surface area contributed by atoms with Crippen LogP contribution in [0.1, 0.15) is 0 Å². The van der Waals surface area contributed by atoms with Crippen molar-refractivity contribution in [1.82, 2.24) is 0 Å². The number of rotatable bonds is 2. The second-order valence-corrected chi connectivity index (χ2v) is 6.13. The third-order valence-electron chi connectivity index (χ3n) is 4.16. The van der Waals surface area contributed by atoms with E-state index in [1.807, 2.05) is 31.1 Å². The zero-order valence-corrected chi connectivity index (χ0v) is 16.1. The first-order chi connectivity index (χ1) is 14.5. The molecule has 4 aromatic carbocycles. The normalized spacial score (nSPS) is 9.47. The average molecular weight is 402 g/mol. The lowest BCUT2D eigenvalue weighted by Gasteiger charge is -2.03. The topological polar surface area (TPSA) is 98.0 Å². The van der Waals surface area contributed by atoms with Gasteiger partial charge in [-0.25, -0.2) is 0 Å². The number of benzene rings is 4. The first-order valence-corrected chi connectivity index (χ1v) is 8.98. The predicted octanol–water partition coefficient (Wildman–Crippen LogP) is 5.34. The van der Waals surface area contributed by atoms with Crippen molar-refractivity contribution in [3.8, 4) is 45.3 Å². The maximum absolute atomic E-state index is 9.57. The van der Waals surface area contributed by atoms with Gasteiger partial charge in [-0.15, -0.1) is 0 Å². The van der Waals surface area contributed by atoms with Gasteiger partial charge in [0.25, 0.3) is 0 Å². The van der Waals surface area contributed by atoms with Crippen LogP contribution in [0.25, 0.3) is 22.3 Å². The van der Waals surface area contributed by atoms with Crippen molar-refractivity contribution in [1.29, 1.82) is 0 Å². The van der Waals surface area contributed by atoms with Gasteiger partial charge in [-0.1, -0.05) is 60.7 Å². The van der Waals surface area contributed by atoms with Gasteiger partial charge in [-0.2, -0.15) is 0 Å². The van der Waals surface area contributed by atoms with Crippen molar-refractivity contribution in [2.75, 3.05) is 0 Å². The number of aromatic hydroxyl groups is 4. The van der Waals surface area contributed by atoms with E-state index in [2.05, 4.69) is 0 Å². The molecule has 0 bridgehead atoms. The monoisotopic (exact) mass is 402 g/mol. The molecule has 0 aliphatic heterocycles. The van der Waals surface area contributed by atoms with E-state index < -0.39 is 0 Å². The van der Waals surface area contributed by atoms with Gasteiger partial charge in [0.15, 0.2) is 0 Å². The lowest BCUT2D eigenvalue weighted by molar-refractivity contribution is -0.0980. The van der Waals surface area contributed by atoms with Gasteiger partial charge in [0.05, 0.1) is 0 Å². The summed E-state index contributed by atoms with van der Waals surface area (Å²) >= 11 is 0. The van der Waals surface area contributed by atoms with E-state index in [9.17, 15) is 10.2 Å². The van der Waals surface area contributed by atoms with E-state index in [1.54, 1.807) is 72.8 Å². The summed E-state index contributed by atoms with van der Waals surface area (Å²) in [6.45, 7) is 2.00. The molecule has 0 amide bonds. The van der Waals surface area contributed by atoms with Crippen LogP contribution in [0.3, 0.4) is 0 Å². The average Bonchev–Trinajstić information content (AvgIpc) is 2.78. The molecule has 0 saturated heterocycles. The smallest absolute Gasteiger partial charge is 0.123 e. The molecule has 4 rings (SSSR count). The molecule has 4 aromatic rings. The predicted molar refractivity (Wildman–Crippen MR) is 118 cm³/mol. The van der Waals surface area contributed by atoms with Crippen molar-refractivity contribution in [2.45, 2.75) is 0 Å². The number of hydrogen-bond acceptors (Lipinski definition) is 5. The highest BCUT2D eigenvalue weighted by molar-refractivity contribution is 5.71. The summed E-state index contributed by atoms with van der Waals surface area (Å²) < 4.78 is 0. The van der Waals surface area contributed by atoms with Crippen molar-refractivity contribution >= 4 is 6.79 Å². The van der Waals surface area contributed by atoms with Gasteiger partial charge < -0.3 is 25.2 Å². The van der Waals surface area contributed by atoms with Gasteiger partial charge in [0.1, 0.15) is 29.8 Å². The van der Waals surface area contributed by atoms with Crippen LogP contribution in [0.2, 0.25) is 0 Å². The second-order valence-electron chi connectivity index (χ2n) is 6.13. The van der Waals surface area contributed by atoms with Crippen LogP contribution in [-0.2, 0) is 4.79 Å². The summed E-state index contributed by atoms with van der Waals surface area (Å²) in [7, 11) is 0. The number of phenolic OH excluding ortho intramolecular Hbond substituents is 4. The Morgan fingerprint density at radius 1 is 0.433 bits per heavy atom. The van der Waals surface area contributed by atoms with Crippen LogP contribution in [0, 0.1) is 0 Å². The maximum Gasteiger partial charge on any atom is 0.123 e. The SMILES string of the molecule is C=O.Oc1ccc(-c2ccccc2O)cc1.Oc1ccc(-c2ccccc2O)cc1. The standard InChI is InChI=1S/2C12H10O2.CH2O/c2*13-10-7-5-9(6-8-10)11-3-1-2-4-12(11)14;1-2/h2*1-8,13-14H;1H2. The molecule has 0 atom stereocenters. The molecule has 0 saturated carbocycles. The lowest BCUT2D eigenvalue weighted by atomic mass is 10.0. The van der Waals surface area contributed by atoms with Crippen molar-refractivity contribution in [3.05, 3.63) is 97.1 Å². The Balaban J connectivity index is 0.000000197. The summed E-state index contributed by atoms with van der Waals surface area (Å²) in [5.41, 5.74) is 3.32. The summed E-state index contributed by atoms with van der Waals surface area (Å²) in [6, 6.07) is 27.7. The quantitative estimate of drug-likeness (QED) is 0.363. The van der Waals surface area contributed by atoms with Gasteiger partial charge in [-0.3, -0.25) is 0 Å². The number of carbonyl (C=O) groups is 1. The van der Waals surface area contributed by atoms with Gasteiger partial charge in [0, 0.05) is 11.1 Å². The Kier molecular flexibility index (Phi) is 8.03. The molecule has 0 spiro atoms. The van der Waals surface area contributed by atoms with Crippen LogP contribution in [-0.4, -0.2) is 27.2 Å². The Morgan fingerprint density at radius 3 is 1.03 bits per heavy atom. The van der Waals surface area contributed by atoms with E-state index in [-0.39, 0.29) is 23.0 Å². The van der Waals surface area contributed by atoms with Crippen LogP contribution >= 0.6 is 0 Å². The molecule has 0 heterocycles. The molecule has 0 radical (unpaired) electrons. The summed E-state index contributed by atoms with van der Waals surface area (Å²) in [5.74, 6) is 0.949. The molecular weight excluding hydrogens is 380 g/mol. The number of carbonyl (C=O) groups excluding carboxylic acids is 1. The highest BCUT2D eigenvalue weighted by Gasteiger charge is 2.02. The van der Waals surface area contributed by atoms with Crippen LogP contribution in [0.4, 0.5) is 0 Å². The third kappa shape index (κ3) is 5.87. The highest BCUT2D eigenvalue weighted by Crippen LogP contribution is 2.30. The van der Waals surface area contributed by atoms with Crippen molar-refractivity contribution < 1.29 is 25.2 Å². The van der Waals surface area contributed by atoms with Crippen LogP contribution < -0.4 is 0 Å². The Hall–Kier alpha value is -4.25.